The molecule has 104 valence electrons. The molecular formula is C13H23NO4. The van der Waals surface area contributed by atoms with E-state index in [9.17, 15) is 9.59 Å². The van der Waals surface area contributed by atoms with Crippen molar-refractivity contribution in [2.45, 2.75) is 46.3 Å². The number of carbonyl (C=O) groups is 2. The first kappa shape index (κ1) is 16.5. The van der Waals surface area contributed by atoms with Crippen LogP contribution in [0.1, 0.15) is 34.6 Å². The maximum atomic E-state index is 11.7. The minimum Gasteiger partial charge on any atom is -0.467 e. The number of hydrogen-bond acceptors (Lipinski definition) is 4. The zero-order valence-electron chi connectivity index (χ0n) is 12.0. The molecule has 0 aliphatic carbocycles. The summed E-state index contributed by atoms with van der Waals surface area (Å²) >= 11 is 0. The minimum absolute atomic E-state index is 0.536. The molecular weight excluding hydrogens is 234 g/mol. The van der Waals surface area contributed by atoms with Crippen molar-refractivity contribution in [3.63, 3.8) is 0 Å². The third-order valence-corrected chi connectivity index (χ3v) is 2.37. The zero-order chi connectivity index (χ0) is 14.6. The Kier molecular flexibility index (Phi) is 5.39. The summed E-state index contributed by atoms with van der Waals surface area (Å²) in [5.74, 6) is -0.536. The van der Waals surface area contributed by atoms with Gasteiger partial charge >= 0.3 is 12.1 Å². The average molecular weight is 257 g/mol. The standard InChI is InChI=1S/C13H23NO4/c1-8-13(5,6)9(10(15)17-7)14-11(16)18-12(2,3)4/h8-9H,1H2,2-7H3,(H,14,16)/t9-/m1/s1. The van der Waals surface area contributed by atoms with E-state index in [-0.39, 0.29) is 0 Å². The second-order valence-corrected chi connectivity index (χ2v) is 5.63. The number of hydrogen-bond donors (Lipinski definition) is 1. The zero-order valence-corrected chi connectivity index (χ0v) is 12.0. The van der Waals surface area contributed by atoms with Gasteiger partial charge in [-0.3, -0.25) is 0 Å². The van der Waals surface area contributed by atoms with Gasteiger partial charge in [-0.25, -0.2) is 9.59 Å². The monoisotopic (exact) mass is 257 g/mol. The Balaban J connectivity index is 4.88. The summed E-state index contributed by atoms with van der Waals surface area (Å²) in [6.45, 7) is 12.5. The van der Waals surface area contributed by atoms with Gasteiger partial charge in [0.2, 0.25) is 0 Å². The normalized spacial score (nSPS) is 13.4. The molecule has 0 rings (SSSR count). The van der Waals surface area contributed by atoms with E-state index in [0.717, 1.165) is 0 Å². The molecule has 0 aromatic carbocycles. The molecule has 0 aromatic rings. The maximum Gasteiger partial charge on any atom is 0.408 e. The molecule has 0 bridgehead atoms. The molecule has 0 aliphatic heterocycles. The van der Waals surface area contributed by atoms with Gasteiger partial charge in [-0.15, -0.1) is 6.58 Å². The summed E-state index contributed by atoms with van der Waals surface area (Å²) in [4.78, 5) is 23.4. The van der Waals surface area contributed by atoms with Gasteiger partial charge < -0.3 is 14.8 Å². The van der Waals surface area contributed by atoms with Gasteiger partial charge in [-0.2, -0.15) is 0 Å². The van der Waals surface area contributed by atoms with Crippen LogP contribution in [0.15, 0.2) is 12.7 Å². The number of ether oxygens (including phenoxy) is 2. The van der Waals surface area contributed by atoms with E-state index >= 15 is 0 Å². The molecule has 0 aliphatic rings. The number of carbonyl (C=O) groups excluding carboxylic acids is 2. The Hall–Kier alpha value is -1.52. The van der Waals surface area contributed by atoms with Crippen molar-refractivity contribution < 1.29 is 19.1 Å². The molecule has 0 fully saturated rings. The molecule has 0 saturated heterocycles. The molecule has 18 heavy (non-hydrogen) atoms. The number of alkyl carbamates (subject to hydrolysis) is 1. The fourth-order valence-electron chi connectivity index (χ4n) is 1.21. The molecule has 0 saturated carbocycles. The van der Waals surface area contributed by atoms with Gasteiger partial charge in [0.25, 0.3) is 0 Å². The lowest BCUT2D eigenvalue weighted by molar-refractivity contribution is -0.145. The highest BCUT2D eigenvalue weighted by Crippen LogP contribution is 2.23. The summed E-state index contributed by atoms with van der Waals surface area (Å²) in [5.41, 5.74) is -1.26. The van der Waals surface area contributed by atoms with Gasteiger partial charge in [-0.05, 0) is 20.8 Å². The Morgan fingerprint density at radius 1 is 1.22 bits per heavy atom. The first-order valence-electron chi connectivity index (χ1n) is 5.74. The van der Waals surface area contributed by atoms with Crippen molar-refractivity contribution in [3.05, 3.63) is 12.7 Å². The molecule has 5 heteroatoms. The summed E-state index contributed by atoms with van der Waals surface area (Å²) in [5, 5.41) is 2.51. The molecule has 1 atom stereocenters. The van der Waals surface area contributed by atoms with E-state index in [1.807, 2.05) is 0 Å². The minimum atomic E-state index is -0.838. The van der Waals surface area contributed by atoms with Gasteiger partial charge in [-0.1, -0.05) is 19.9 Å². The highest BCUT2D eigenvalue weighted by Gasteiger charge is 2.36. The Morgan fingerprint density at radius 3 is 2.06 bits per heavy atom. The first-order chi connectivity index (χ1) is 8.03. The van der Waals surface area contributed by atoms with E-state index in [4.69, 9.17) is 4.74 Å². The maximum absolute atomic E-state index is 11.7. The van der Waals surface area contributed by atoms with Gasteiger partial charge in [0.1, 0.15) is 11.6 Å². The van der Waals surface area contributed by atoms with Crippen molar-refractivity contribution in [2.24, 2.45) is 5.41 Å². The van der Waals surface area contributed by atoms with Crippen LogP contribution >= 0.6 is 0 Å². The summed E-state index contributed by atoms with van der Waals surface area (Å²) in [6.07, 6.45) is 0.930. The fraction of sp³-hybridized carbons (Fsp3) is 0.692. The van der Waals surface area contributed by atoms with Crippen molar-refractivity contribution in [3.8, 4) is 0 Å². The van der Waals surface area contributed by atoms with Crippen molar-refractivity contribution >= 4 is 12.1 Å². The Bertz CT molecular complexity index is 328. The number of esters is 1. The van der Waals surface area contributed by atoms with Crippen LogP contribution in [-0.4, -0.2) is 30.8 Å². The molecule has 0 spiro atoms. The largest absolute Gasteiger partial charge is 0.467 e. The molecule has 0 aromatic heterocycles. The average Bonchev–Trinajstić information content (AvgIpc) is 2.22. The van der Waals surface area contributed by atoms with Gasteiger partial charge in [0, 0.05) is 5.41 Å². The second-order valence-electron chi connectivity index (χ2n) is 5.63. The molecule has 0 heterocycles. The van der Waals surface area contributed by atoms with Gasteiger partial charge in [0.05, 0.1) is 7.11 Å². The van der Waals surface area contributed by atoms with Crippen LogP contribution in [0.2, 0.25) is 0 Å². The summed E-state index contributed by atoms with van der Waals surface area (Å²) < 4.78 is 9.78. The third kappa shape index (κ3) is 5.21. The van der Waals surface area contributed by atoms with E-state index < -0.39 is 29.1 Å². The number of methoxy groups -OCH3 is 1. The SMILES string of the molecule is C=CC(C)(C)[C@H](NC(=O)OC(C)(C)C)C(=O)OC. The lowest BCUT2D eigenvalue weighted by atomic mass is 9.84. The van der Waals surface area contributed by atoms with Gasteiger partial charge in [0.15, 0.2) is 0 Å². The Labute approximate surface area is 109 Å². The topological polar surface area (TPSA) is 64.6 Å². The van der Waals surface area contributed by atoms with E-state index in [0.29, 0.717) is 0 Å². The first-order valence-corrected chi connectivity index (χ1v) is 5.74. The number of amides is 1. The molecule has 1 amide bonds. The third-order valence-electron chi connectivity index (χ3n) is 2.37. The highest BCUT2D eigenvalue weighted by atomic mass is 16.6. The van der Waals surface area contributed by atoms with E-state index in [2.05, 4.69) is 16.6 Å². The van der Waals surface area contributed by atoms with Crippen LogP contribution in [0.25, 0.3) is 0 Å². The summed E-state index contributed by atoms with van der Waals surface area (Å²) in [7, 11) is 1.27. The number of nitrogens with one attached hydrogen (secondary N) is 1. The van der Waals surface area contributed by atoms with Crippen molar-refractivity contribution in [1.82, 2.24) is 5.32 Å². The molecule has 0 unspecified atom stereocenters. The van der Waals surface area contributed by atoms with Crippen LogP contribution in [-0.2, 0) is 14.3 Å². The predicted octanol–water partition coefficient (Wildman–Crippen LogP) is 2.26. The van der Waals surface area contributed by atoms with Crippen molar-refractivity contribution in [2.75, 3.05) is 7.11 Å². The van der Waals surface area contributed by atoms with E-state index in [1.54, 1.807) is 40.7 Å². The number of rotatable bonds is 4. The second kappa shape index (κ2) is 5.89. The van der Waals surface area contributed by atoms with Crippen LogP contribution in [0.5, 0.6) is 0 Å². The molecule has 0 radical (unpaired) electrons. The smallest absolute Gasteiger partial charge is 0.408 e. The quantitative estimate of drug-likeness (QED) is 0.620. The Morgan fingerprint density at radius 2 is 1.72 bits per heavy atom. The summed E-state index contributed by atoms with van der Waals surface area (Å²) in [6, 6.07) is -0.838. The molecule has 1 N–H and O–H groups in total. The lowest BCUT2D eigenvalue weighted by Crippen LogP contribution is -2.51. The fourth-order valence-corrected chi connectivity index (χ4v) is 1.21. The van der Waals surface area contributed by atoms with Crippen LogP contribution < -0.4 is 5.32 Å². The highest BCUT2D eigenvalue weighted by molar-refractivity contribution is 5.82. The predicted molar refractivity (Wildman–Crippen MR) is 69.2 cm³/mol. The lowest BCUT2D eigenvalue weighted by Gasteiger charge is -2.30. The van der Waals surface area contributed by atoms with E-state index in [1.165, 1.54) is 7.11 Å². The van der Waals surface area contributed by atoms with Crippen molar-refractivity contribution in [1.29, 1.82) is 0 Å². The van der Waals surface area contributed by atoms with Crippen LogP contribution in [0.3, 0.4) is 0 Å². The van der Waals surface area contributed by atoms with Crippen LogP contribution in [0.4, 0.5) is 4.79 Å². The van der Waals surface area contributed by atoms with Crippen LogP contribution in [0, 0.1) is 5.41 Å². The molecule has 5 nitrogen and oxygen atoms in total.